The monoisotopic (exact) mass is 187 g/mol. The minimum absolute atomic E-state index is 0.0801. The maximum absolute atomic E-state index is 5.99. The Labute approximate surface area is 82.8 Å². The molecule has 0 fully saturated rings. The van der Waals surface area contributed by atoms with Crippen LogP contribution in [0.15, 0.2) is 0 Å². The minimum Gasteiger partial charge on any atom is -0.371 e. The van der Waals surface area contributed by atoms with E-state index in [2.05, 4.69) is 34.6 Å². The van der Waals surface area contributed by atoms with Crippen molar-refractivity contribution in [2.24, 2.45) is 5.73 Å². The van der Waals surface area contributed by atoms with Crippen molar-refractivity contribution in [3.8, 4) is 0 Å². The average Bonchev–Trinajstić information content (AvgIpc) is 1.96. The Bertz CT molecular complexity index is 129. The zero-order valence-electron chi connectivity index (χ0n) is 9.76. The van der Waals surface area contributed by atoms with E-state index in [0.717, 1.165) is 6.42 Å². The van der Waals surface area contributed by atoms with Gasteiger partial charge in [0.15, 0.2) is 0 Å². The van der Waals surface area contributed by atoms with Crippen LogP contribution < -0.4 is 5.73 Å². The van der Waals surface area contributed by atoms with Gasteiger partial charge in [-0.1, -0.05) is 19.8 Å². The summed E-state index contributed by atoms with van der Waals surface area (Å²) in [6, 6.07) is 0.180. The Morgan fingerprint density at radius 1 is 1.31 bits per heavy atom. The highest BCUT2D eigenvalue weighted by Gasteiger charge is 2.19. The van der Waals surface area contributed by atoms with Crippen LogP contribution >= 0.6 is 0 Å². The highest BCUT2D eigenvalue weighted by Crippen LogP contribution is 2.14. The van der Waals surface area contributed by atoms with Gasteiger partial charge in [0.1, 0.15) is 0 Å². The van der Waals surface area contributed by atoms with Crippen LogP contribution in [-0.4, -0.2) is 17.7 Å². The molecule has 0 unspecified atom stereocenters. The largest absolute Gasteiger partial charge is 0.371 e. The molecule has 0 aromatic carbocycles. The van der Waals surface area contributed by atoms with Crippen LogP contribution in [0, 0.1) is 0 Å². The molecule has 2 nitrogen and oxygen atoms in total. The van der Waals surface area contributed by atoms with Gasteiger partial charge in [0.2, 0.25) is 0 Å². The van der Waals surface area contributed by atoms with Crippen LogP contribution in [0.3, 0.4) is 0 Å². The van der Waals surface area contributed by atoms with Gasteiger partial charge in [0.25, 0.3) is 0 Å². The smallest absolute Gasteiger partial charge is 0.0704 e. The molecule has 0 radical (unpaired) electrons. The number of hydrogen-bond donors (Lipinski definition) is 1. The van der Waals surface area contributed by atoms with Gasteiger partial charge in [-0.3, -0.25) is 0 Å². The third kappa shape index (κ3) is 7.03. The summed E-state index contributed by atoms with van der Waals surface area (Å²) in [6.07, 6.45) is 3.62. The molecule has 13 heavy (non-hydrogen) atoms. The summed E-state index contributed by atoms with van der Waals surface area (Å²) in [5.41, 5.74) is 5.91. The second-order valence-corrected chi connectivity index (χ2v) is 4.74. The number of rotatable bonds is 5. The SMILES string of the molecule is CCCC[C@@H](N)[C@H](C)OC(C)(C)C. The maximum Gasteiger partial charge on any atom is 0.0704 e. The molecular formula is C11H25NO. The quantitative estimate of drug-likeness (QED) is 0.718. The summed E-state index contributed by atoms with van der Waals surface area (Å²) in [4.78, 5) is 0. The lowest BCUT2D eigenvalue weighted by molar-refractivity contribution is -0.0622. The van der Waals surface area contributed by atoms with Gasteiger partial charge in [-0.25, -0.2) is 0 Å². The second-order valence-electron chi connectivity index (χ2n) is 4.74. The van der Waals surface area contributed by atoms with Crippen molar-refractivity contribution in [3.05, 3.63) is 0 Å². The van der Waals surface area contributed by atoms with E-state index in [1.807, 2.05) is 0 Å². The van der Waals surface area contributed by atoms with Crippen molar-refractivity contribution in [1.29, 1.82) is 0 Å². The molecule has 80 valence electrons. The van der Waals surface area contributed by atoms with Crippen molar-refractivity contribution in [2.45, 2.75) is 71.6 Å². The maximum atomic E-state index is 5.99. The summed E-state index contributed by atoms with van der Waals surface area (Å²) in [7, 11) is 0. The Kier molecular flexibility index (Phi) is 5.57. The lowest BCUT2D eigenvalue weighted by Crippen LogP contribution is -2.39. The first-order valence-electron chi connectivity index (χ1n) is 5.30. The topological polar surface area (TPSA) is 35.2 Å². The lowest BCUT2D eigenvalue weighted by Gasteiger charge is -2.28. The molecule has 2 N–H and O–H groups in total. The zero-order valence-corrected chi connectivity index (χ0v) is 9.76. The Balaban J connectivity index is 3.75. The van der Waals surface area contributed by atoms with E-state index < -0.39 is 0 Å². The molecule has 2 heteroatoms. The molecule has 0 saturated heterocycles. The number of nitrogens with two attached hydrogens (primary N) is 1. The molecule has 0 heterocycles. The molecule has 0 aromatic heterocycles. The third-order valence-electron chi connectivity index (χ3n) is 2.03. The van der Waals surface area contributed by atoms with Gasteiger partial charge < -0.3 is 10.5 Å². The van der Waals surface area contributed by atoms with Crippen LogP contribution in [0.4, 0.5) is 0 Å². The highest BCUT2D eigenvalue weighted by atomic mass is 16.5. The third-order valence-corrected chi connectivity index (χ3v) is 2.03. The van der Waals surface area contributed by atoms with E-state index in [-0.39, 0.29) is 17.7 Å². The van der Waals surface area contributed by atoms with Crippen LogP contribution in [0.2, 0.25) is 0 Å². The summed E-state index contributed by atoms with van der Waals surface area (Å²) in [5.74, 6) is 0. The first kappa shape index (κ1) is 12.9. The van der Waals surface area contributed by atoms with Crippen LogP contribution in [0.5, 0.6) is 0 Å². The lowest BCUT2D eigenvalue weighted by atomic mass is 10.1. The molecular weight excluding hydrogens is 162 g/mol. The fourth-order valence-corrected chi connectivity index (χ4v) is 1.32. The molecule has 0 amide bonds. The van der Waals surface area contributed by atoms with Crippen molar-refractivity contribution in [1.82, 2.24) is 0 Å². The Morgan fingerprint density at radius 2 is 1.85 bits per heavy atom. The van der Waals surface area contributed by atoms with E-state index in [1.54, 1.807) is 0 Å². The zero-order chi connectivity index (χ0) is 10.5. The van der Waals surface area contributed by atoms with Crippen LogP contribution in [-0.2, 0) is 4.74 Å². The number of unbranched alkanes of at least 4 members (excludes halogenated alkanes) is 1. The minimum atomic E-state index is -0.0801. The predicted molar refractivity (Wildman–Crippen MR) is 57.8 cm³/mol. The van der Waals surface area contributed by atoms with Gasteiger partial charge in [-0.05, 0) is 34.1 Å². The van der Waals surface area contributed by atoms with Crippen molar-refractivity contribution < 1.29 is 4.74 Å². The summed E-state index contributed by atoms with van der Waals surface area (Å²) >= 11 is 0. The molecule has 0 aliphatic carbocycles. The van der Waals surface area contributed by atoms with Gasteiger partial charge in [-0.15, -0.1) is 0 Å². The molecule has 0 aromatic rings. The number of hydrogen-bond acceptors (Lipinski definition) is 2. The summed E-state index contributed by atoms with van der Waals surface area (Å²) in [5, 5.41) is 0. The molecule has 0 rings (SSSR count). The Morgan fingerprint density at radius 3 is 2.23 bits per heavy atom. The van der Waals surface area contributed by atoms with Gasteiger partial charge in [0, 0.05) is 6.04 Å². The summed E-state index contributed by atoms with van der Waals surface area (Å²) in [6.45, 7) is 10.4. The van der Waals surface area contributed by atoms with Gasteiger partial charge in [0.05, 0.1) is 11.7 Å². The highest BCUT2D eigenvalue weighted by molar-refractivity contribution is 4.72. The van der Waals surface area contributed by atoms with Gasteiger partial charge >= 0.3 is 0 Å². The predicted octanol–water partition coefficient (Wildman–Crippen LogP) is 2.71. The molecule has 0 aliphatic rings. The summed E-state index contributed by atoms with van der Waals surface area (Å²) < 4.78 is 5.77. The van der Waals surface area contributed by atoms with Gasteiger partial charge in [-0.2, -0.15) is 0 Å². The average molecular weight is 187 g/mol. The fourth-order valence-electron chi connectivity index (χ4n) is 1.32. The first-order chi connectivity index (χ1) is 5.87. The molecule has 2 atom stereocenters. The van der Waals surface area contributed by atoms with E-state index in [4.69, 9.17) is 10.5 Å². The standard InChI is InChI=1S/C11H25NO/c1-6-7-8-10(12)9(2)13-11(3,4)5/h9-10H,6-8,12H2,1-5H3/t9-,10+/m0/s1. The van der Waals surface area contributed by atoms with Crippen LogP contribution in [0.1, 0.15) is 53.9 Å². The number of ether oxygens (including phenoxy) is 1. The van der Waals surface area contributed by atoms with Crippen LogP contribution in [0.25, 0.3) is 0 Å². The van der Waals surface area contributed by atoms with Crippen molar-refractivity contribution in [2.75, 3.05) is 0 Å². The second kappa shape index (κ2) is 5.61. The molecule has 0 spiro atoms. The van der Waals surface area contributed by atoms with E-state index in [0.29, 0.717) is 0 Å². The van der Waals surface area contributed by atoms with E-state index >= 15 is 0 Å². The van der Waals surface area contributed by atoms with E-state index in [9.17, 15) is 0 Å². The Hall–Kier alpha value is -0.0800. The fraction of sp³-hybridized carbons (Fsp3) is 1.00. The normalized spacial score (nSPS) is 17.1. The molecule has 0 bridgehead atoms. The molecule has 0 saturated carbocycles. The van der Waals surface area contributed by atoms with E-state index in [1.165, 1.54) is 12.8 Å². The van der Waals surface area contributed by atoms with Crippen molar-refractivity contribution >= 4 is 0 Å². The van der Waals surface area contributed by atoms with Crippen molar-refractivity contribution in [3.63, 3.8) is 0 Å². The molecule has 0 aliphatic heterocycles. The first-order valence-corrected chi connectivity index (χ1v) is 5.30.